The van der Waals surface area contributed by atoms with E-state index >= 15 is 0 Å². The van der Waals surface area contributed by atoms with Crippen LogP contribution in [-0.4, -0.2) is 88.6 Å². The topological polar surface area (TPSA) is 140 Å². The first kappa shape index (κ1) is 26.7. The number of sulfonamides is 1. The van der Waals surface area contributed by atoms with Crippen molar-refractivity contribution in [1.82, 2.24) is 34.1 Å². The molecule has 2 aliphatic heterocycles. The van der Waals surface area contributed by atoms with E-state index in [4.69, 9.17) is 0 Å². The molecule has 40 heavy (non-hydrogen) atoms. The number of nitriles is 1. The lowest BCUT2D eigenvalue weighted by molar-refractivity contribution is -0.138. The molecule has 212 valence electrons. The fourth-order valence-electron chi connectivity index (χ4n) is 4.97. The minimum Gasteiger partial charge on any atom is -0.366 e. The van der Waals surface area contributed by atoms with Gasteiger partial charge in [0.1, 0.15) is 10.4 Å². The highest BCUT2D eigenvalue weighted by Gasteiger charge is 2.47. The van der Waals surface area contributed by atoms with Crippen LogP contribution in [0.15, 0.2) is 23.4 Å². The van der Waals surface area contributed by atoms with Crippen LogP contribution >= 0.6 is 11.3 Å². The van der Waals surface area contributed by atoms with Gasteiger partial charge in [-0.15, -0.1) is 10.2 Å². The number of urea groups is 1. The van der Waals surface area contributed by atoms with Gasteiger partial charge < -0.3 is 14.7 Å². The molecule has 1 saturated carbocycles. The van der Waals surface area contributed by atoms with E-state index in [0.29, 0.717) is 61.6 Å². The summed E-state index contributed by atoms with van der Waals surface area (Å²) in [6.45, 7) is 3.12. The molecular formula is C23H24F3N9O3S2. The van der Waals surface area contributed by atoms with Crippen LogP contribution in [-0.2, 0) is 16.2 Å². The quantitative estimate of drug-likeness (QED) is 0.475. The highest BCUT2D eigenvalue weighted by Crippen LogP contribution is 2.38. The molecule has 3 fully saturated rings. The molecule has 0 unspecified atom stereocenters. The molecule has 5 heterocycles. The van der Waals surface area contributed by atoms with Crippen molar-refractivity contribution in [3.63, 3.8) is 0 Å². The zero-order valence-corrected chi connectivity index (χ0v) is 22.7. The van der Waals surface area contributed by atoms with Gasteiger partial charge in [0.25, 0.3) is 0 Å². The summed E-state index contributed by atoms with van der Waals surface area (Å²) >= 11 is 0.305. The molecule has 2 saturated heterocycles. The van der Waals surface area contributed by atoms with Gasteiger partial charge >= 0.3 is 12.2 Å². The Morgan fingerprint density at radius 2 is 1.75 bits per heavy atom. The van der Waals surface area contributed by atoms with Gasteiger partial charge in [-0.2, -0.15) is 23.2 Å². The number of halogens is 3. The van der Waals surface area contributed by atoms with Crippen LogP contribution in [0.3, 0.4) is 0 Å². The number of likely N-dealkylation sites (tertiary alicyclic amines) is 1. The average Bonchev–Trinajstić information content (AvgIpc) is 3.38. The first-order valence-electron chi connectivity index (χ1n) is 12.7. The minimum absolute atomic E-state index is 0.00515. The van der Waals surface area contributed by atoms with Crippen molar-refractivity contribution in [3.8, 4) is 16.9 Å². The van der Waals surface area contributed by atoms with Crippen molar-refractivity contribution >= 4 is 38.6 Å². The maximum Gasteiger partial charge on any atom is 0.445 e. The lowest BCUT2D eigenvalue weighted by Crippen LogP contribution is -2.52. The standard InChI is InChI=1S/C23H24F3N9O3S2/c24-23(25,26)20-30-29-19(39-20)18-28-12-17-16(32-7-9-34(10-8-32)21(36)33-5-1-2-6-33)11-15(13-35(17)18)40(37,38)31-22(14-27)3-4-22/h11-13,31H,1-10H2. The molecule has 0 bridgehead atoms. The molecule has 0 spiro atoms. The highest BCUT2D eigenvalue weighted by atomic mass is 32.2. The van der Waals surface area contributed by atoms with Crippen LogP contribution in [0, 0.1) is 11.3 Å². The Labute approximate surface area is 231 Å². The summed E-state index contributed by atoms with van der Waals surface area (Å²) < 4.78 is 70.2. The average molecular weight is 596 g/mol. The maximum absolute atomic E-state index is 13.4. The minimum atomic E-state index is -4.69. The number of fused-ring (bicyclic) bond motifs is 1. The first-order valence-corrected chi connectivity index (χ1v) is 15.0. The molecule has 1 N–H and O–H groups in total. The van der Waals surface area contributed by atoms with Crippen molar-refractivity contribution in [2.24, 2.45) is 0 Å². The summed E-state index contributed by atoms with van der Waals surface area (Å²) in [5.74, 6) is 0.00515. The van der Waals surface area contributed by atoms with Gasteiger partial charge in [0.05, 0.1) is 23.5 Å². The van der Waals surface area contributed by atoms with Crippen LogP contribution < -0.4 is 9.62 Å². The first-order chi connectivity index (χ1) is 19.0. The smallest absolute Gasteiger partial charge is 0.366 e. The molecular weight excluding hydrogens is 571 g/mol. The van der Waals surface area contributed by atoms with Gasteiger partial charge in [-0.1, -0.05) is 11.3 Å². The predicted octanol–water partition coefficient (Wildman–Crippen LogP) is 2.54. The molecule has 3 aromatic rings. The fourth-order valence-corrected chi connectivity index (χ4v) is 7.06. The Bertz CT molecular complexity index is 1610. The van der Waals surface area contributed by atoms with Crippen molar-refractivity contribution in [1.29, 1.82) is 5.26 Å². The summed E-state index contributed by atoms with van der Waals surface area (Å²) in [7, 11) is -4.18. The Morgan fingerprint density at radius 1 is 1.07 bits per heavy atom. The molecule has 0 atom stereocenters. The monoisotopic (exact) mass is 595 g/mol. The molecule has 0 radical (unpaired) electrons. The number of imidazole rings is 1. The van der Waals surface area contributed by atoms with Crippen LogP contribution in [0.4, 0.5) is 23.7 Å². The van der Waals surface area contributed by atoms with E-state index in [2.05, 4.69) is 19.9 Å². The number of hydrogen-bond acceptors (Lipinski definition) is 9. The predicted molar refractivity (Wildman–Crippen MR) is 137 cm³/mol. The summed E-state index contributed by atoms with van der Waals surface area (Å²) in [5.41, 5.74) is -0.232. The van der Waals surface area contributed by atoms with Crippen LogP contribution in [0.2, 0.25) is 0 Å². The van der Waals surface area contributed by atoms with Crippen molar-refractivity contribution in [3.05, 3.63) is 23.5 Å². The normalized spacial score (nSPS) is 19.3. The number of hydrogen-bond donors (Lipinski definition) is 1. The van der Waals surface area contributed by atoms with E-state index < -0.39 is 26.7 Å². The SMILES string of the molecule is N#CC1(NS(=O)(=O)c2cc(N3CCN(C(=O)N4CCCC4)CC3)c3cnc(-c4nnc(C(F)(F)F)s4)n3c2)CC1. The number of aromatic nitrogens is 4. The van der Waals surface area contributed by atoms with Crippen molar-refractivity contribution < 1.29 is 26.4 Å². The van der Waals surface area contributed by atoms with E-state index in [0.717, 1.165) is 25.9 Å². The summed E-state index contributed by atoms with van der Waals surface area (Å²) in [4.78, 5) is 22.5. The lowest BCUT2D eigenvalue weighted by atomic mass is 10.2. The number of nitrogens with one attached hydrogen (secondary N) is 1. The molecule has 0 aromatic carbocycles. The number of rotatable bonds is 5. The maximum atomic E-state index is 13.4. The van der Waals surface area contributed by atoms with Gasteiger partial charge in [0.2, 0.25) is 15.0 Å². The number of nitrogens with zero attached hydrogens (tertiary/aromatic N) is 8. The van der Waals surface area contributed by atoms with Crippen LogP contribution in [0.5, 0.6) is 0 Å². The van der Waals surface area contributed by atoms with Gasteiger partial charge in [-0.3, -0.25) is 4.40 Å². The van der Waals surface area contributed by atoms with Crippen molar-refractivity contribution in [2.75, 3.05) is 44.2 Å². The van der Waals surface area contributed by atoms with E-state index in [1.807, 2.05) is 15.9 Å². The zero-order valence-electron chi connectivity index (χ0n) is 21.1. The molecule has 3 aliphatic rings. The summed E-state index contributed by atoms with van der Waals surface area (Å²) in [6.07, 6.45) is 0.748. The van der Waals surface area contributed by atoms with Crippen LogP contribution in [0.25, 0.3) is 16.3 Å². The number of carbonyl (C=O) groups excluding carboxylic acids is 1. The summed E-state index contributed by atoms with van der Waals surface area (Å²) in [6, 6.07) is 3.45. The number of pyridine rings is 1. The summed E-state index contributed by atoms with van der Waals surface area (Å²) in [5, 5.41) is 15.0. The second-order valence-corrected chi connectivity index (χ2v) is 12.7. The third kappa shape index (κ3) is 4.84. The number of anilines is 1. The van der Waals surface area contributed by atoms with Crippen LogP contribution in [0.1, 0.15) is 30.7 Å². The van der Waals surface area contributed by atoms with Gasteiger partial charge in [-0.25, -0.2) is 18.2 Å². The van der Waals surface area contributed by atoms with E-state index in [9.17, 15) is 31.6 Å². The third-order valence-corrected chi connectivity index (χ3v) is 9.79. The molecule has 12 nitrogen and oxygen atoms in total. The number of amides is 2. The second kappa shape index (κ2) is 9.56. The number of piperazine rings is 1. The second-order valence-electron chi connectivity index (χ2n) is 10.1. The highest BCUT2D eigenvalue weighted by molar-refractivity contribution is 7.89. The van der Waals surface area contributed by atoms with E-state index in [1.54, 1.807) is 4.90 Å². The molecule has 1 aliphatic carbocycles. The Hall–Kier alpha value is -3.49. The zero-order chi connectivity index (χ0) is 28.3. The molecule has 6 rings (SSSR count). The van der Waals surface area contributed by atoms with Gasteiger partial charge in [-0.05, 0) is 31.7 Å². The molecule has 17 heteroatoms. The van der Waals surface area contributed by atoms with E-state index in [1.165, 1.54) is 22.9 Å². The number of carbonyl (C=O) groups is 1. The number of alkyl halides is 3. The van der Waals surface area contributed by atoms with E-state index in [-0.39, 0.29) is 21.8 Å². The van der Waals surface area contributed by atoms with Crippen molar-refractivity contribution in [2.45, 2.75) is 42.3 Å². The molecule has 3 aromatic heterocycles. The van der Waals surface area contributed by atoms with Gasteiger partial charge in [0.15, 0.2) is 10.8 Å². The lowest BCUT2D eigenvalue weighted by Gasteiger charge is -2.38. The fraction of sp³-hybridized carbons (Fsp3) is 0.522. The molecule has 2 amide bonds. The Morgan fingerprint density at radius 3 is 2.35 bits per heavy atom. The largest absolute Gasteiger partial charge is 0.445 e. The third-order valence-electron chi connectivity index (χ3n) is 7.32. The Kier molecular flexibility index (Phi) is 6.39. The Balaban J connectivity index is 1.37. The van der Waals surface area contributed by atoms with Gasteiger partial charge in [0, 0.05) is 45.5 Å².